The Balaban J connectivity index is -0.000000459. The van der Waals surface area contributed by atoms with Gasteiger partial charge in [0.15, 0.2) is 0 Å². The molecule has 0 spiro atoms. The van der Waals surface area contributed by atoms with Gasteiger partial charge in [-0.05, 0) is 23.9 Å². The summed E-state index contributed by atoms with van der Waals surface area (Å²) >= 11 is 2.11. The molecule has 0 unspecified atom stereocenters. The molecule has 0 saturated carbocycles. The summed E-state index contributed by atoms with van der Waals surface area (Å²) in [6.45, 7) is 15.0. The van der Waals surface area contributed by atoms with Crippen molar-refractivity contribution in [1.29, 1.82) is 0 Å². The van der Waals surface area contributed by atoms with E-state index in [-0.39, 0.29) is 240 Å². The number of hydrogen-bond donors (Lipinski definition) is 19. The van der Waals surface area contributed by atoms with Gasteiger partial charge < -0.3 is 91.6 Å². The van der Waals surface area contributed by atoms with E-state index in [0.717, 1.165) is 54.1 Å². The summed E-state index contributed by atoms with van der Waals surface area (Å²) < 4.78 is 2.60. The lowest BCUT2D eigenvalue weighted by molar-refractivity contribution is -0.201. The van der Waals surface area contributed by atoms with Gasteiger partial charge in [-0.2, -0.15) is 5.06 Å². The van der Waals surface area contributed by atoms with Crippen molar-refractivity contribution in [3.8, 4) is 0 Å². The van der Waals surface area contributed by atoms with E-state index in [0.29, 0.717) is 11.7 Å². The Morgan fingerprint density at radius 1 is 0.333 bits per heavy atom. The molecule has 0 saturated heterocycles. The number of nitrogens with one attached hydrogen (secondary N) is 14. The zero-order chi connectivity index (χ0) is 92.7. The summed E-state index contributed by atoms with van der Waals surface area (Å²) in [5.74, 6) is -5.68. The van der Waals surface area contributed by atoms with Crippen LogP contribution in [0.2, 0.25) is 0 Å². The number of rotatable bonds is 49. The summed E-state index contributed by atoms with van der Waals surface area (Å²) in [5.41, 5.74) is 36.4. The number of urea groups is 2. The molecule has 53 nitrogen and oxygen atoms in total. The molecule has 22 amide bonds. The number of amides is 22. The molecule has 0 atom stereocenters. The zero-order valence-electron chi connectivity index (χ0n) is 71.2. The highest BCUT2D eigenvalue weighted by atomic mass is 32.2. The first-order valence-corrected chi connectivity index (χ1v) is 39.6. The number of carbonyl (C=O) groups is 20. The summed E-state index contributed by atoms with van der Waals surface area (Å²) in [4.78, 5) is 253. The van der Waals surface area contributed by atoms with E-state index in [2.05, 4.69) is 74.9 Å². The van der Waals surface area contributed by atoms with Crippen LogP contribution in [0.25, 0.3) is 0 Å². The van der Waals surface area contributed by atoms with Crippen LogP contribution in [-0.4, -0.2) is 333 Å². The van der Waals surface area contributed by atoms with Crippen LogP contribution < -0.4 is 104 Å². The monoisotopic (exact) mass is 1760 g/mol. The summed E-state index contributed by atoms with van der Waals surface area (Å²) in [6, 6.07) is -1.39. The molecular weight excluding hydrogens is 1640 g/mol. The molecule has 0 radical (unpaired) electrons. The normalized spacial score (nSPS) is 9.90. The largest absolute Gasteiger partial charge is 0.431 e. The molecule has 120 heavy (non-hydrogen) atoms. The van der Waals surface area contributed by atoms with Crippen molar-refractivity contribution in [3.05, 3.63) is 0 Å². The Morgan fingerprint density at radius 3 is 1.23 bits per heavy atom. The molecule has 0 fully saturated rings. The predicted molar refractivity (Wildman–Crippen MR) is 434 cm³/mol. The molecule has 0 aromatic carbocycles. The minimum atomic E-state index is -0.772. The SMILES string of the molecule is CCC(=O)N(CC(=O)NC)NCNC(=O)CN(NCN)C(=O)CC.CCC(=O)N(CC(=O)NC)OCNC(=O)CN(OCN)C(=O)CC.CCC(=O)N(CC(=O)NC)SCNC(=O)CN(SCN)C(=O)CC.CCC(=O)N(CCN)CC(=O)NCCN(OC(=O)NC)C(=O)CC.CCC(=O)N(CCN)NC(=O)NCON(NC(=O)NC)C(=O)CC. The summed E-state index contributed by atoms with van der Waals surface area (Å²) in [5, 5.41) is 30.5. The van der Waals surface area contributed by atoms with E-state index in [4.69, 9.17) is 48.0 Å². The molecule has 690 valence electrons. The van der Waals surface area contributed by atoms with E-state index in [1.807, 2.05) is 0 Å². The zero-order valence-corrected chi connectivity index (χ0v) is 72.8. The third-order valence-corrected chi connectivity index (χ3v) is 15.7. The van der Waals surface area contributed by atoms with Crippen LogP contribution in [0.1, 0.15) is 133 Å². The molecule has 0 heterocycles. The molecule has 0 rings (SSSR count). The van der Waals surface area contributed by atoms with Gasteiger partial charge >= 0.3 is 18.2 Å². The second kappa shape index (κ2) is 74.4. The van der Waals surface area contributed by atoms with Crippen LogP contribution in [0, 0.1) is 0 Å². The fraction of sp³-hybridized carbons (Fsp3) is 0.692. The molecule has 0 aliphatic rings. The van der Waals surface area contributed by atoms with Gasteiger partial charge in [0, 0.05) is 126 Å². The Labute approximate surface area is 706 Å². The van der Waals surface area contributed by atoms with Crippen molar-refractivity contribution in [2.45, 2.75) is 133 Å². The first-order chi connectivity index (χ1) is 56.9. The molecule has 0 aromatic rings. The van der Waals surface area contributed by atoms with Crippen LogP contribution >= 0.6 is 23.9 Å². The van der Waals surface area contributed by atoms with Crippen molar-refractivity contribution in [2.24, 2.45) is 28.7 Å². The number of hydrazine groups is 4. The van der Waals surface area contributed by atoms with Crippen LogP contribution in [0.15, 0.2) is 0 Å². The number of carbonyl (C=O) groups excluding carboxylic acids is 20. The maximum Gasteiger partial charge on any atom is 0.431 e. The van der Waals surface area contributed by atoms with Gasteiger partial charge in [-0.1, -0.05) is 69.2 Å². The quantitative estimate of drug-likeness (QED) is 0.0153. The van der Waals surface area contributed by atoms with Crippen LogP contribution in [0.3, 0.4) is 0 Å². The van der Waals surface area contributed by atoms with E-state index in [9.17, 15) is 95.9 Å². The van der Waals surface area contributed by atoms with E-state index in [1.165, 1.54) is 48.7 Å². The first-order valence-electron chi connectivity index (χ1n) is 37.7. The highest BCUT2D eigenvalue weighted by molar-refractivity contribution is 7.97. The molecule has 0 aliphatic carbocycles. The lowest BCUT2D eigenvalue weighted by Crippen LogP contribution is -2.54. The number of nitrogens with zero attached hydrogens (tertiary/aromatic N) is 10. The maximum absolute atomic E-state index is 11.9. The number of hydrogen-bond acceptors (Lipinski definition) is 33. The van der Waals surface area contributed by atoms with E-state index in [1.54, 1.807) is 69.2 Å². The molecule has 55 heteroatoms. The van der Waals surface area contributed by atoms with Crippen molar-refractivity contribution in [2.75, 3.05) is 166 Å². The smallest absolute Gasteiger partial charge is 0.358 e. The molecule has 24 N–H and O–H groups in total. The molecule has 0 bridgehead atoms. The lowest BCUT2D eigenvalue weighted by Gasteiger charge is -2.24. The van der Waals surface area contributed by atoms with E-state index < -0.39 is 66.2 Å². The highest BCUT2D eigenvalue weighted by Gasteiger charge is 2.25. The fourth-order valence-corrected chi connectivity index (χ4v) is 9.10. The number of nitrogens with two attached hydrogens (primary N) is 5. The van der Waals surface area contributed by atoms with Gasteiger partial charge in [-0.25, -0.2) is 55.9 Å². The van der Waals surface area contributed by atoms with Gasteiger partial charge in [0.05, 0.1) is 44.7 Å². The van der Waals surface area contributed by atoms with E-state index >= 15 is 0 Å². The Morgan fingerprint density at radius 2 is 0.758 bits per heavy atom. The van der Waals surface area contributed by atoms with Gasteiger partial charge in [-0.3, -0.25) is 110 Å². The minimum absolute atomic E-state index is 0.00441. The average molecular weight is 1770 g/mol. The highest BCUT2D eigenvalue weighted by Crippen LogP contribution is 2.12. The van der Waals surface area contributed by atoms with Gasteiger partial charge in [0.25, 0.3) is 11.8 Å². The fourth-order valence-electron chi connectivity index (χ4n) is 7.58. The third-order valence-electron chi connectivity index (χ3n) is 14.0. The van der Waals surface area contributed by atoms with Crippen LogP contribution in [0.4, 0.5) is 14.4 Å². The summed E-state index contributed by atoms with van der Waals surface area (Å²) in [6.07, 6.45) is 1.18. The predicted octanol–water partition coefficient (Wildman–Crippen LogP) is -8.05. The van der Waals surface area contributed by atoms with Gasteiger partial charge in [0.2, 0.25) is 88.6 Å². The lowest BCUT2D eigenvalue weighted by atomic mass is 10.3. The second-order valence-electron chi connectivity index (χ2n) is 22.6. The summed E-state index contributed by atoms with van der Waals surface area (Å²) in [7, 11) is 7.11. The van der Waals surface area contributed by atoms with Crippen LogP contribution in [0.5, 0.6) is 0 Å². The topological polar surface area (TPSA) is 709 Å². The van der Waals surface area contributed by atoms with Gasteiger partial charge in [-0.15, -0.1) is 5.17 Å². The molecule has 0 aliphatic heterocycles. The molecular formula is C65H129N29O24S2. The standard InChI is InChI=1S/C14H27N5O5.C13H27N7O4.C13H25N5O6.C13H25N5O4S2.C12H25N7O5/c1-4-12(21)18(8-6-15)10-11(20)17-7-9-19(13(22)5-2)24-14(23)16-3;1-4-12(23)19(17-8-14)7-11(22)16-9-18-20(13(24)5-2)6-10(21)15-3;2*1-4-12(21)17(23-8-14)7-11(20)16-9-24-18(13(22)5-2)6-10(19)15-3;1-4-9(20)18(7-6-13)16-12(23)15-8-24-19(10(21)5-2)17-11(22)14-3/h4-10,15H2,1-3H3,(H,16,23)(H,17,20);17-18H,4-9,14H2,1-3H3,(H,15,21)(H,16,22);2*4-9,14H2,1-3H3,(H,15,19)(H,16,20);4-8,13H2,1-3H3,(H2,14,17,22)(H2,15,16,23). The van der Waals surface area contributed by atoms with Crippen molar-refractivity contribution < 1.29 is 115 Å². The number of hydroxylamine groups is 7. The minimum Gasteiger partial charge on any atom is -0.358 e. The Bertz CT molecular complexity index is 2700. The van der Waals surface area contributed by atoms with Crippen molar-refractivity contribution in [3.63, 3.8) is 0 Å². The third kappa shape index (κ3) is 58.1. The maximum atomic E-state index is 11.9. The second-order valence-corrected chi connectivity index (χ2v) is 24.6. The molecule has 0 aromatic heterocycles. The van der Waals surface area contributed by atoms with Crippen molar-refractivity contribution >= 4 is 142 Å². The van der Waals surface area contributed by atoms with Gasteiger partial charge in [0.1, 0.15) is 59.5 Å². The first kappa shape index (κ1) is 118. The van der Waals surface area contributed by atoms with Crippen LogP contribution in [-0.2, 0) is 101 Å². The Hall–Kier alpha value is -10.9. The van der Waals surface area contributed by atoms with Crippen molar-refractivity contribution in [1.82, 2.24) is 124 Å². The average Bonchev–Trinajstić information content (AvgIpc) is 1.04. The Kier molecular flexibility index (Phi) is 72.9. The number of likely N-dealkylation sites (N-methyl/N-ethyl adjacent to an activating group) is 3.